The third kappa shape index (κ3) is 3.73. The van der Waals surface area contributed by atoms with E-state index in [1.54, 1.807) is 36.4 Å². The van der Waals surface area contributed by atoms with E-state index in [-0.39, 0.29) is 17.6 Å². The van der Waals surface area contributed by atoms with Gasteiger partial charge in [0.1, 0.15) is 11.5 Å². The van der Waals surface area contributed by atoms with Crippen molar-refractivity contribution in [1.82, 2.24) is 0 Å². The van der Waals surface area contributed by atoms with Crippen molar-refractivity contribution >= 4 is 40.4 Å². The number of fused-ring (bicyclic) bond motifs is 1. The molecule has 3 aromatic carbocycles. The lowest BCUT2D eigenvalue weighted by Crippen LogP contribution is -2.19. The summed E-state index contributed by atoms with van der Waals surface area (Å²) in [6.07, 6.45) is 0. The lowest BCUT2D eigenvalue weighted by Gasteiger charge is -2.07. The first-order chi connectivity index (χ1) is 13.6. The third-order valence-corrected chi connectivity index (χ3v) is 4.10. The number of carbonyl (C=O) groups excluding carboxylic acids is 2. The number of para-hydroxylation sites is 1. The van der Waals surface area contributed by atoms with Crippen LogP contribution in [0.3, 0.4) is 0 Å². The molecule has 28 heavy (non-hydrogen) atoms. The van der Waals surface area contributed by atoms with Gasteiger partial charge in [-0.2, -0.15) is 0 Å². The number of nitrogens with zero attached hydrogens (tertiary/aromatic N) is 1. The van der Waals surface area contributed by atoms with Gasteiger partial charge in [0.25, 0.3) is 5.91 Å². The Morgan fingerprint density at radius 1 is 0.893 bits per heavy atom. The first kappa shape index (κ1) is 17.4. The minimum Gasteiger partial charge on any atom is -0.320 e. The van der Waals surface area contributed by atoms with E-state index in [0.29, 0.717) is 28.3 Å². The molecule has 0 bridgehead atoms. The monoisotopic (exact) mass is 374 g/mol. The molecule has 0 fully saturated rings. The molecule has 3 amide bonds. The predicted molar refractivity (Wildman–Crippen MR) is 107 cm³/mol. The van der Waals surface area contributed by atoms with Crippen molar-refractivity contribution in [2.24, 2.45) is 4.99 Å². The molecule has 1 aliphatic heterocycles. The van der Waals surface area contributed by atoms with Crippen molar-refractivity contribution in [2.45, 2.75) is 0 Å². The Morgan fingerprint density at radius 2 is 1.57 bits per heavy atom. The smallest absolute Gasteiger partial charge is 0.320 e. The second kappa shape index (κ2) is 7.32. The number of urea groups is 1. The van der Waals surface area contributed by atoms with Crippen molar-refractivity contribution in [3.05, 3.63) is 84.2 Å². The molecule has 0 saturated heterocycles. The van der Waals surface area contributed by atoms with E-state index in [0.717, 1.165) is 0 Å². The van der Waals surface area contributed by atoms with Crippen molar-refractivity contribution < 1.29 is 14.0 Å². The van der Waals surface area contributed by atoms with Crippen LogP contribution in [0, 0.1) is 5.82 Å². The molecule has 0 spiro atoms. The number of rotatable bonds is 3. The molecule has 138 valence electrons. The number of benzene rings is 3. The molecule has 1 aliphatic rings. The lowest BCUT2D eigenvalue weighted by molar-refractivity contribution is -0.110. The fourth-order valence-electron chi connectivity index (χ4n) is 2.80. The van der Waals surface area contributed by atoms with E-state index < -0.39 is 5.82 Å². The van der Waals surface area contributed by atoms with Crippen molar-refractivity contribution in [3.63, 3.8) is 0 Å². The zero-order valence-corrected chi connectivity index (χ0v) is 14.6. The second-order valence-corrected chi connectivity index (χ2v) is 6.10. The summed E-state index contributed by atoms with van der Waals surface area (Å²) in [5, 5.41) is 8.09. The highest BCUT2D eigenvalue weighted by atomic mass is 19.1. The Kier molecular flexibility index (Phi) is 4.55. The van der Waals surface area contributed by atoms with Crippen LogP contribution in [0.4, 0.5) is 31.9 Å². The Hall–Kier alpha value is -4.00. The van der Waals surface area contributed by atoms with Gasteiger partial charge < -0.3 is 16.0 Å². The molecule has 3 aromatic rings. The van der Waals surface area contributed by atoms with Gasteiger partial charge in [0.05, 0.1) is 11.4 Å². The topological polar surface area (TPSA) is 82.6 Å². The van der Waals surface area contributed by atoms with Crippen molar-refractivity contribution in [2.75, 3.05) is 16.0 Å². The number of aliphatic imine (C=N–C) groups is 1. The average molecular weight is 374 g/mol. The molecule has 0 aliphatic carbocycles. The van der Waals surface area contributed by atoms with Gasteiger partial charge in [-0.1, -0.05) is 18.2 Å². The maximum Gasteiger partial charge on any atom is 0.323 e. The van der Waals surface area contributed by atoms with E-state index in [9.17, 15) is 14.0 Å². The summed E-state index contributed by atoms with van der Waals surface area (Å²) < 4.78 is 13.5. The molecule has 3 N–H and O–H groups in total. The van der Waals surface area contributed by atoms with Crippen LogP contribution < -0.4 is 16.0 Å². The van der Waals surface area contributed by atoms with E-state index in [2.05, 4.69) is 20.9 Å². The summed E-state index contributed by atoms with van der Waals surface area (Å²) in [4.78, 5) is 28.4. The molecule has 0 aromatic heterocycles. The van der Waals surface area contributed by atoms with Gasteiger partial charge in [0.2, 0.25) is 0 Å². The zero-order valence-electron chi connectivity index (χ0n) is 14.6. The molecule has 0 atom stereocenters. The predicted octanol–water partition coefficient (Wildman–Crippen LogP) is 4.54. The summed E-state index contributed by atoms with van der Waals surface area (Å²) in [5.41, 5.74) is 2.87. The van der Waals surface area contributed by atoms with Crippen LogP contribution in [0.1, 0.15) is 5.56 Å². The Morgan fingerprint density at radius 3 is 2.29 bits per heavy atom. The largest absolute Gasteiger partial charge is 0.323 e. The van der Waals surface area contributed by atoms with Gasteiger partial charge >= 0.3 is 6.03 Å². The summed E-state index contributed by atoms with van der Waals surface area (Å²) in [7, 11) is 0. The van der Waals surface area contributed by atoms with E-state index in [4.69, 9.17) is 0 Å². The molecule has 0 radical (unpaired) electrons. The minimum atomic E-state index is -0.438. The number of anilines is 3. The lowest BCUT2D eigenvalue weighted by atomic mass is 10.1. The zero-order chi connectivity index (χ0) is 19.5. The Labute approximate surface area is 160 Å². The molecule has 0 saturated carbocycles. The summed E-state index contributed by atoms with van der Waals surface area (Å²) >= 11 is 0. The number of halogens is 1. The van der Waals surface area contributed by atoms with Crippen LogP contribution in [-0.4, -0.2) is 17.6 Å². The molecule has 7 heteroatoms. The van der Waals surface area contributed by atoms with E-state index >= 15 is 0 Å². The first-order valence-electron chi connectivity index (χ1n) is 8.51. The summed E-state index contributed by atoms with van der Waals surface area (Å²) in [6, 6.07) is 19.4. The van der Waals surface area contributed by atoms with Gasteiger partial charge in [-0.25, -0.2) is 14.2 Å². The quantitative estimate of drug-likeness (QED) is 0.629. The Bertz CT molecular complexity index is 1080. The maximum absolute atomic E-state index is 13.5. The fraction of sp³-hybridized carbons (Fsp3) is 0. The molecular formula is C21H15FN4O2. The van der Waals surface area contributed by atoms with Gasteiger partial charge in [-0.15, -0.1) is 0 Å². The standard InChI is InChI=1S/C21H15FN4O2/c22-13-6-11-18-17(12-13)19(20(27)26-18)23-15-7-9-16(10-8-15)25-21(28)24-14-4-2-1-3-5-14/h1-12H,(H,23,26,27)(H2,24,25,28). The van der Waals surface area contributed by atoms with Crippen LogP contribution in [0.5, 0.6) is 0 Å². The van der Waals surface area contributed by atoms with E-state index in [1.165, 1.54) is 18.2 Å². The van der Waals surface area contributed by atoms with Crippen LogP contribution in [0.2, 0.25) is 0 Å². The normalized spacial score (nSPS) is 13.8. The summed E-state index contributed by atoms with van der Waals surface area (Å²) in [6.45, 7) is 0. The van der Waals surface area contributed by atoms with Crippen LogP contribution >= 0.6 is 0 Å². The fourth-order valence-corrected chi connectivity index (χ4v) is 2.80. The molecule has 4 rings (SSSR count). The first-order valence-corrected chi connectivity index (χ1v) is 8.51. The molecule has 0 unspecified atom stereocenters. The maximum atomic E-state index is 13.5. The highest BCUT2D eigenvalue weighted by molar-refractivity contribution is 6.54. The minimum absolute atomic E-state index is 0.150. The van der Waals surface area contributed by atoms with Crippen molar-refractivity contribution in [1.29, 1.82) is 0 Å². The van der Waals surface area contributed by atoms with Crippen LogP contribution in [0.15, 0.2) is 77.8 Å². The van der Waals surface area contributed by atoms with Crippen molar-refractivity contribution in [3.8, 4) is 0 Å². The molecule has 6 nitrogen and oxygen atoms in total. The number of carbonyl (C=O) groups is 2. The number of amides is 3. The second-order valence-electron chi connectivity index (χ2n) is 6.10. The number of hydrogen-bond acceptors (Lipinski definition) is 3. The van der Waals surface area contributed by atoms with Gasteiger partial charge in [-0.3, -0.25) is 4.79 Å². The van der Waals surface area contributed by atoms with Crippen LogP contribution in [-0.2, 0) is 4.79 Å². The van der Waals surface area contributed by atoms with Crippen LogP contribution in [0.25, 0.3) is 0 Å². The van der Waals surface area contributed by atoms with Gasteiger partial charge in [0.15, 0.2) is 0 Å². The van der Waals surface area contributed by atoms with Gasteiger partial charge in [0, 0.05) is 16.9 Å². The summed E-state index contributed by atoms with van der Waals surface area (Å²) in [5.74, 6) is -0.822. The molecule has 1 heterocycles. The Balaban J connectivity index is 1.48. The number of nitrogens with one attached hydrogen (secondary N) is 3. The average Bonchev–Trinajstić information content (AvgIpc) is 2.99. The molecular weight excluding hydrogens is 359 g/mol. The highest BCUT2D eigenvalue weighted by Crippen LogP contribution is 2.27. The highest BCUT2D eigenvalue weighted by Gasteiger charge is 2.26. The number of hydrogen-bond donors (Lipinski definition) is 3. The van der Waals surface area contributed by atoms with Gasteiger partial charge in [-0.05, 0) is 54.6 Å². The SMILES string of the molecule is O=C(Nc1ccccc1)Nc1ccc(N=C2C(=O)Nc3ccc(F)cc32)cc1. The van der Waals surface area contributed by atoms with E-state index in [1.807, 2.05) is 18.2 Å². The third-order valence-electron chi connectivity index (χ3n) is 4.10.